The standard InChI is InChI=1S/C25H35F3/c1-2-3-4-5-6-17-13-25(14-17)15-21(16-25)19-9-7-18(8-10-19)20-11-22(26)24(28)23(27)12-20/h11-12,17-19,21H,2-10,13-16H2,1H3/t17?,18-,19-,21?,25?. The molecule has 4 rings (SSSR count). The Bertz CT molecular complexity index is 637. The van der Waals surface area contributed by atoms with Gasteiger partial charge in [-0.05, 0) is 98.1 Å². The van der Waals surface area contributed by atoms with Gasteiger partial charge >= 0.3 is 0 Å². The van der Waals surface area contributed by atoms with Crippen molar-refractivity contribution in [3.8, 4) is 0 Å². The first kappa shape index (κ1) is 20.3. The van der Waals surface area contributed by atoms with Crippen LogP contribution in [0.15, 0.2) is 12.1 Å². The molecule has 0 aromatic heterocycles. The number of hydrogen-bond acceptors (Lipinski definition) is 0. The van der Waals surface area contributed by atoms with E-state index in [1.165, 1.54) is 69.9 Å². The summed E-state index contributed by atoms with van der Waals surface area (Å²) in [5.74, 6) is -0.590. The zero-order valence-corrected chi connectivity index (χ0v) is 17.3. The Morgan fingerprint density at radius 1 is 0.821 bits per heavy atom. The van der Waals surface area contributed by atoms with E-state index in [9.17, 15) is 13.2 Å². The largest absolute Gasteiger partial charge is 0.204 e. The summed E-state index contributed by atoms with van der Waals surface area (Å²) in [5.41, 5.74) is 1.34. The van der Waals surface area contributed by atoms with Crippen molar-refractivity contribution in [2.24, 2.45) is 23.2 Å². The monoisotopic (exact) mass is 392 g/mol. The molecule has 28 heavy (non-hydrogen) atoms. The van der Waals surface area contributed by atoms with Crippen LogP contribution in [0.25, 0.3) is 0 Å². The van der Waals surface area contributed by atoms with Crippen molar-refractivity contribution in [2.75, 3.05) is 0 Å². The highest BCUT2D eigenvalue weighted by Gasteiger charge is 2.53. The fraction of sp³-hybridized carbons (Fsp3) is 0.760. The Kier molecular flexibility index (Phi) is 6.09. The molecule has 1 aromatic rings. The van der Waals surface area contributed by atoms with Crippen molar-refractivity contribution in [2.45, 2.75) is 96.3 Å². The van der Waals surface area contributed by atoms with Crippen molar-refractivity contribution >= 4 is 0 Å². The summed E-state index contributed by atoms with van der Waals surface area (Å²) in [5, 5.41) is 0. The SMILES string of the molecule is CCCCCCC1CC2(C1)CC([C@H]1CC[C@H](c3cc(F)c(F)c(F)c3)CC1)C2. The molecule has 3 saturated carbocycles. The van der Waals surface area contributed by atoms with Gasteiger partial charge in [-0.15, -0.1) is 0 Å². The Balaban J connectivity index is 1.18. The van der Waals surface area contributed by atoms with E-state index in [1.807, 2.05) is 0 Å². The van der Waals surface area contributed by atoms with Crippen LogP contribution in [0.4, 0.5) is 13.2 Å². The van der Waals surface area contributed by atoms with Gasteiger partial charge in [0.25, 0.3) is 0 Å². The maximum Gasteiger partial charge on any atom is 0.194 e. The van der Waals surface area contributed by atoms with Crippen LogP contribution >= 0.6 is 0 Å². The average molecular weight is 393 g/mol. The number of hydrogen-bond donors (Lipinski definition) is 0. The lowest BCUT2D eigenvalue weighted by Crippen LogP contribution is -2.49. The van der Waals surface area contributed by atoms with Crippen LogP contribution in [-0.4, -0.2) is 0 Å². The van der Waals surface area contributed by atoms with E-state index in [0.717, 1.165) is 43.4 Å². The fourth-order valence-corrected chi connectivity index (χ4v) is 6.68. The van der Waals surface area contributed by atoms with Crippen LogP contribution in [0.3, 0.4) is 0 Å². The van der Waals surface area contributed by atoms with Gasteiger partial charge in [0.05, 0.1) is 0 Å². The molecular weight excluding hydrogens is 357 g/mol. The Morgan fingerprint density at radius 2 is 1.46 bits per heavy atom. The summed E-state index contributed by atoms with van der Waals surface area (Å²) in [6.07, 6.45) is 17.1. The summed E-state index contributed by atoms with van der Waals surface area (Å²) in [6.45, 7) is 2.27. The minimum Gasteiger partial charge on any atom is -0.204 e. The van der Waals surface area contributed by atoms with Crippen LogP contribution in [0, 0.1) is 40.6 Å². The molecule has 3 fully saturated rings. The molecule has 3 heteroatoms. The smallest absolute Gasteiger partial charge is 0.194 e. The van der Waals surface area contributed by atoms with Gasteiger partial charge in [-0.2, -0.15) is 0 Å². The second kappa shape index (κ2) is 8.40. The predicted molar refractivity (Wildman–Crippen MR) is 108 cm³/mol. The molecule has 0 radical (unpaired) electrons. The van der Waals surface area contributed by atoms with Gasteiger partial charge < -0.3 is 0 Å². The molecule has 0 unspecified atom stereocenters. The van der Waals surface area contributed by atoms with E-state index >= 15 is 0 Å². The molecule has 0 bridgehead atoms. The van der Waals surface area contributed by atoms with Crippen molar-refractivity contribution < 1.29 is 13.2 Å². The molecule has 156 valence electrons. The lowest BCUT2D eigenvalue weighted by atomic mass is 9.45. The summed E-state index contributed by atoms with van der Waals surface area (Å²) in [6, 6.07) is 2.41. The van der Waals surface area contributed by atoms with Gasteiger partial charge in [-0.3, -0.25) is 0 Å². The van der Waals surface area contributed by atoms with E-state index in [0.29, 0.717) is 11.0 Å². The third-order valence-electron chi connectivity index (χ3n) is 8.22. The number of unbranched alkanes of at least 4 members (excludes halogenated alkanes) is 3. The van der Waals surface area contributed by atoms with Crippen LogP contribution in [-0.2, 0) is 0 Å². The van der Waals surface area contributed by atoms with E-state index in [-0.39, 0.29) is 5.92 Å². The van der Waals surface area contributed by atoms with E-state index in [1.54, 1.807) is 0 Å². The van der Waals surface area contributed by atoms with Crippen LogP contribution in [0.1, 0.15) is 102 Å². The summed E-state index contributed by atoms with van der Waals surface area (Å²) >= 11 is 0. The molecule has 0 aliphatic heterocycles. The first-order valence-electron chi connectivity index (χ1n) is 11.6. The zero-order valence-electron chi connectivity index (χ0n) is 17.3. The second-order valence-corrected chi connectivity index (χ2v) is 10.2. The molecule has 3 aliphatic rings. The highest BCUT2D eigenvalue weighted by Crippen LogP contribution is 2.65. The first-order chi connectivity index (χ1) is 13.5. The molecule has 1 aromatic carbocycles. The summed E-state index contributed by atoms with van der Waals surface area (Å²) < 4.78 is 40.2. The lowest BCUT2D eigenvalue weighted by Gasteiger charge is -2.60. The molecule has 0 atom stereocenters. The summed E-state index contributed by atoms with van der Waals surface area (Å²) in [7, 11) is 0. The van der Waals surface area contributed by atoms with Crippen molar-refractivity contribution in [1.29, 1.82) is 0 Å². The average Bonchev–Trinajstić information content (AvgIpc) is 2.63. The normalized spacial score (nSPS) is 34.9. The van der Waals surface area contributed by atoms with E-state index in [2.05, 4.69) is 6.92 Å². The predicted octanol–water partition coefficient (Wildman–Crippen LogP) is 8.15. The maximum atomic E-state index is 13.5. The third-order valence-corrected chi connectivity index (χ3v) is 8.22. The molecule has 1 spiro atoms. The second-order valence-electron chi connectivity index (χ2n) is 10.2. The van der Waals surface area contributed by atoms with Gasteiger partial charge in [-0.1, -0.05) is 39.0 Å². The van der Waals surface area contributed by atoms with E-state index in [4.69, 9.17) is 0 Å². The molecule has 0 nitrogen and oxygen atoms in total. The molecule has 0 N–H and O–H groups in total. The molecular formula is C25H35F3. The maximum absolute atomic E-state index is 13.5. The van der Waals surface area contributed by atoms with Crippen molar-refractivity contribution in [1.82, 2.24) is 0 Å². The third kappa shape index (κ3) is 4.14. The molecule has 0 amide bonds. The highest BCUT2D eigenvalue weighted by atomic mass is 19.2. The topological polar surface area (TPSA) is 0 Å². The number of rotatable bonds is 7. The van der Waals surface area contributed by atoms with Crippen LogP contribution in [0.2, 0.25) is 0 Å². The Labute approximate surface area is 168 Å². The zero-order chi connectivity index (χ0) is 19.7. The van der Waals surface area contributed by atoms with Gasteiger partial charge in [0.2, 0.25) is 0 Å². The summed E-state index contributed by atoms with van der Waals surface area (Å²) in [4.78, 5) is 0. The Morgan fingerprint density at radius 3 is 2.07 bits per heavy atom. The fourth-order valence-electron chi connectivity index (χ4n) is 6.68. The van der Waals surface area contributed by atoms with Crippen molar-refractivity contribution in [3.63, 3.8) is 0 Å². The molecule has 0 heterocycles. The lowest BCUT2D eigenvalue weighted by molar-refractivity contribution is -0.0948. The van der Waals surface area contributed by atoms with Gasteiger partial charge in [0.15, 0.2) is 17.5 Å². The van der Waals surface area contributed by atoms with Crippen molar-refractivity contribution in [3.05, 3.63) is 35.1 Å². The van der Waals surface area contributed by atoms with E-state index < -0.39 is 17.5 Å². The minimum absolute atomic E-state index is 0.186. The van der Waals surface area contributed by atoms with Crippen LogP contribution < -0.4 is 0 Å². The minimum atomic E-state index is -1.35. The molecule has 0 saturated heterocycles. The van der Waals surface area contributed by atoms with Gasteiger partial charge in [-0.25, -0.2) is 13.2 Å². The van der Waals surface area contributed by atoms with Gasteiger partial charge in [0, 0.05) is 0 Å². The first-order valence-corrected chi connectivity index (χ1v) is 11.6. The van der Waals surface area contributed by atoms with Crippen LogP contribution in [0.5, 0.6) is 0 Å². The molecule has 3 aliphatic carbocycles. The number of benzene rings is 1. The Hall–Kier alpha value is -0.990. The quantitative estimate of drug-likeness (QED) is 0.324. The van der Waals surface area contributed by atoms with Gasteiger partial charge in [0.1, 0.15) is 0 Å². The number of halogens is 3. The highest BCUT2D eigenvalue weighted by molar-refractivity contribution is 5.23.